The van der Waals surface area contributed by atoms with E-state index in [1.807, 2.05) is 0 Å². The Hall–Kier alpha value is -1.61. The van der Waals surface area contributed by atoms with Gasteiger partial charge in [0, 0.05) is 38.3 Å². The Morgan fingerprint density at radius 2 is 1.93 bits per heavy atom. The van der Waals surface area contributed by atoms with Crippen LogP contribution in [0.25, 0.3) is 0 Å². The number of aliphatic imine (C=N–C) groups is 1. The molecule has 0 fully saturated rings. The number of guanidine groups is 1. The van der Waals surface area contributed by atoms with Crippen molar-refractivity contribution >= 4 is 40.0 Å². The lowest BCUT2D eigenvalue weighted by Crippen LogP contribution is -2.38. The molecule has 0 amide bonds. The topological polar surface area (TPSA) is 110 Å². The van der Waals surface area contributed by atoms with Crippen LogP contribution >= 0.6 is 24.0 Å². The number of sulfonamides is 1. The average Bonchev–Trinajstić information content (AvgIpc) is 3.10. The Labute approximate surface area is 185 Å². The fourth-order valence-corrected chi connectivity index (χ4v) is 2.99. The molecule has 0 unspecified atom stereocenters. The standard InChI is InChI=1S/C16H24F2N4O5S.HI/c1-3-28(23,24)22-6-4-5-20-16(19-2)21-9-11-7-13-14(26-10-25-13)8-12(11)27-15(17)18;/h7-8,15,22H,3-6,9-10H2,1-2H3,(H2,19,20,21);1H. The average molecular weight is 550 g/mol. The van der Waals surface area contributed by atoms with Crippen molar-refractivity contribution in [2.45, 2.75) is 26.5 Å². The molecule has 0 bridgehead atoms. The number of fused-ring (bicyclic) bond motifs is 1. The third kappa shape index (κ3) is 8.34. The summed E-state index contributed by atoms with van der Waals surface area (Å²) in [6.07, 6.45) is 0.545. The Kier molecular flexibility index (Phi) is 10.7. The normalized spacial score (nSPS) is 13.2. The van der Waals surface area contributed by atoms with Crippen molar-refractivity contribution in [1.29, 1.82) is 0 Å². The van der Waals surface area contributed by atoms with Crippen LogP contribution in [0.15, 0.2) is 17.1 Å². The second-order valence-corrected chi connectivity index (χ2v) is 7.79. The van der Waals surface area contributed by atoms with Crippen LogP contribution in [0.5, 0.6) is 17.2 Å². The number of rotatable bonds is 10. The molecular formula is C16H25F2IN4O5S. The van der Waals surface area contributed by atoms with E-state index in [1.54, 1.807) is 20.0 Å². The summed E-state index contributed by atoms with van der Waals surface area (Å²) < 4.78 is 65.5. The van der Waals surface area contributed by atoms with Gasteiger partial charge in [-0.25, -0.2) is 13.1 Å². The van der Waals surface area contributed by atoms with Gasteiger partial charge in [0.25, 0.3) is 0 Å². The summed E-state index contributed by atoms with van der Waals surface area (Å²) in [5.41, 5.74) is 0.447. The molecule has 1 aromatic rings. The number of ether oxygens (including phenoxy) is 3. The zero-order valence-corrected chi connectivity index (χ0v) is 19.2. The minimum absolute atomic E-state index is 0. The van der Waals surface area contributed by atoms with Crippen LogP contribution in [-0.2, 0) is 16.6 Å². The lowest BCUT2D eigenvalue weighted by molar-refractivity contribution is -0.0505. The molecule has 9 nitrogen and oxygen atoms in total. The van der Waals surface area contributed by atoms with Gasteiger partial charge in [-0.15, -0.1) is 24.0 Å². The monoisotopic (exact) mass is 550 g/mol. The van der Waals surface area contributed by atoms with Gasteiger partial charge in [0.1, 0.15) is 5.75 Å². The van der Waals surface area contributed by atoms with Crippen molar-refractivity contribution in [2.24, 2.45) is 4.99 Å². The highest BCUT2D eigenvalue weighted by atomic mass is 127. The molecule has 1 aliphatic rings. The van der Waals surface area contributed by atoms with Gasteiger partial charge in [-0.1, -0.05) is 0 Å². The molecule has 2 rings (SSSR count). The van der Waals surface area contributed by atoms with Crippen LogP contribution < -0.4 is 29.6 Å². The predicted octanol–water partition coefficient (Wildman–Crippen LogP) is 1.63. The molecule has 1 aliphatic heterocycles. The van der Waals surface area contributed by atoms with E-state index in [1.165, 1.54) is 6.07 Å². The fraction of sp³-hybridized carbons (Fsp3) is 0.562. The number of benzene rings is 1. The Bertz CT molecular complexity index is 796. The van der Waals surface area contributed by atoms with Gasteiger partial charge in [-0.3, -0.25) is 4.99 Å². The fourth-order valence-electron chi connectivity index (χ4n) is 2.33. The zero-order valence-electron chi connectivity index (χ0n) is 16.0. The van der Waals surface area contributed by atoms with Gasteiger partial charge in [0.05, 0.1) is 5.75 Å². The van der Waals surface area contributed by atoms with E-state index in [0.29, 0.717) is 42.5 Å². The number of alkyl halides is 2. The Balaban J connectivity index is 0.00000420. The van der Waals surface area contributed by atoms with Crippen molar-refractivity contribution in [2.75, 3.05) is 32.7 Å². The number of halogens is 3. The van der Waals surface area contributed by atoms with Gasteiger partial charge in [-0.05, 0) is 19.4 Å². The van der Waals surface area contributed by atoms with Crippen molar-refractivity contribution in [3.63, 3.8) is 0 Å². The maximum Gasteiger partial charge on any atom is 0.387 e. The molecule has 0 saturated heterocycles. The number of hydrogen-bond acceptors (Lipinski definition) is 6. The quantitative estimate of drug-likeness (QED) is 0.176. The maximum absolute atomic E-state index is 12.7. The van der Waals surface area contributed by atoms with E-state index in [-0.39, 0.29) is 48.8 Å². The first-order chi connectivity index (χ1) is 13.3. The minimum Gasteiger partial charge on any atom is -0.454 e. The second-order valence-electron chi connectivity index (χ2n) is 5.70. The van der Waals surface area contributed by atoms with E-state index in [4.69, 9.17) is 9.47 Å². The first-order valence-electron chi connectivity index (χ1n) is 8.63. The molecule has 13 heteroatoms. The van der Waals surface area contributed by atoms with Crippen LogP contribution in [0.1, 0.15) is 18.9 Å². The van der Waals surface area contributed by atoms with Gasteiger partial charge in [0.2, 0.25) is 16.8 Å². The molecule has 3 N–H and O–H groups in total. The molecule has 29 heavy (non-hydrogen) atoms. The summed E-state index contributed by atoms with van der Waals surface area (Å²) in [5.74, 6) is 1.23. The second kappa shape index (κ2) is 12.2. The first kappa shape index (κ1) is 25.4. The third-order valence-electron chi connectivity index (χ3n) is 3.79. The highest BCUT2D eigenvalue weighted by molar-refractivity contribution is 14.0. The largest absolute Gasteiger partial charge is 0.454 e. The molecule has 0 radical (unpaired) electrons. The van der Waals surface area contributed by atoms with Gasteiger partial charge in [-0.2, -0.15) is 8.78 Å². The summed E-state index contributed by atoms with van der Waals surface area (Å²) >= 11 is 0. The number of nitrogens with zero attached hydrogens (tertiary/aromatic N) is 1. The first-order valence-corrected chi connectivity index (χ1v) is 10.3. The van der Waals surface area contributed by atoms with Crippen molar-refractivity contribution in [3.05, 3.63) is 17.7 Å². The summed E-state index contributed by atoms with van der Waals surface area (Å²) in [6, 6.07) is 2.93. The summed E-state index contributed by atoms with van der Waals surface area (Å²) in [4.78, 5) is 4.04. The summed E-state index contributed by atoms with van der Waals surface area (Å²) in [7, 11) is -1.65. The molecule has 0 saturated carbocycles. The minimum atomic E-state index is -3.21. The van der Waals surface area contributed by atoms with Crippen LogP contribution in [0.4, 0.5) is 8.78 Å². The molecule has 1 aromatic carbocycles. The van der Waals surface area contributed by atoms with E-state index < -0.39 is 16.6 Å². The molecular weight excluding hydrogens is 525 g/mol. The smallest absolute Gasteiger partial charge is 0.387 e. The van der Waals surface area contributed by atoms with Gasteiger partial charge >= 0.3 is 6.61 Å². The third-order valence-corrected chi connectivity index (χ3v) is 5.19. The zero-order chi connectivity index (χ0) is 20.6. The van der Waals surface area contributed by atoms with Crippen LogP contribution in [0.3, 0.4) is 0 Å². The molecule has 0 spiro atoms. The Morgan fingerprint density at radius 3 is 2.55 bits per heavy atom. The SMILES string of the molecule is CCS(=O)(=O)NCCCNC(=NC)NCc1cc2c(cc1OC(F)F)OCO2.I. The van der Waals surface area contributed by atoms with E-state index in [2.05, 4.69) is 25.1 Å². The summed E-state index contributed by atoms with van der Waals surface area (Å²) in [6.45, 7) is -0.466. The molecule has 0 aromatic heterocycles. The molecule has 166 valence electrons. The van der Waals surface area contributed by atoms with Crippen LogP contribution in [0.2, 0.25) is 0 Å². The maximum atomic E-state index is 12.7. The lowest BCUT2D eigenvalue weighted by atomic mass is 10.1. The Morgan fingerprint density at radius 1 is 1.24 bits per heavy atom. The van der Waals surface area contributed by atoms with Gasteiger partial charge in [0.15, 0.2) is 17.5 Å². The van der Waals surface area contributed by atoms with Crippen LogP contribution in [0, 0.1) is 0 Å². The van der Waals surface area contributed by atoms with Crippen molar-refractivity contribution < 1.29 is 31.4 Å². The molecule has 1 heterocycles. The van der Waals surface area contributed by atoms with Crippen molar-refractivity contribution in [1.82, 2.24) is 15.4 Å². The highest BCUT2D eigenvalue weighted by Gasteiger charge is 2.20. The predicted molar refractivity (Wildman–Crippen MR) is 115 cm³/mol. The van der Waals surface area contributed by atoms with Gasteiger partial charge < -0.3 is 24.8 Å². The lowest BCUT2D eigenvalue weighted by Gasteiger charge is -2.15. The highest BCUT2D eigenvalue weighted by Crippen LogP contribution is 2.38. The van der Waals surface area contributed by atoms with E-state index in [0.717, 1.165) is 0 Å². The number of hydrogen-bond donors (Lipinski definition) is 3. The summed E-state index contributed by atoms with van der Waals surface area (Å²) in [5, 5.41) is 6.00. The van der Waals surface area contributed by atoms with Crippen LogP contribution in [-0.4, -0.2) is 53.7 Å². The number of nitrogens with one attached hydrogen (secondary N) is 3. The molecule has 0 aliphatic carbocycles. The van der Waals surface area contributed by atoms with E-state index >= 15 is 0 Å². The molecule has 0 atom stereocenters. The van der Waals surface area contributed by atoms with Crippen molar-refractivity contribution in [3.8, 4) is 17.2 Å². The van der Waals surface area contributed by atoms with E-state index in [9.17, 15) is 17.2 Å².